The SMILES string of the molecule is COc1cccc(-c2cc(C(=O)N3CCC(Oc4cncc(OC)n4)C3)[nH]n2)c1. The Morgan fingerprint density at radius 1 is 1.17 bits per heavy atom. The zero-order chi connectivity index (χ0) is 20.2. The largest absolute Gasteiger partial charge is 0.497 e. The summed E-state index contributed by atoms with van der Waals surface area (Å²) >= 11 is 0. The van der Waals surface area contributed by atoms with E-state index in [4.69, 9.17) is 14.2 Å². The van der Waals surface area contributed by atoms with E-state index in [9.17, 15) is 4.79 Å². The number of benzene rings is 1. The van der Waals surface area contributed by atoms with Gasteiger partial charge in [-0.3, -0.25) is 14.9 Å². The zero-order valence-corrected chi connectivity index (χ0v) is 16.2. The smallest absolute Gasteiger partial charge is 0.272 e. The maximum Gasteiger partial charge on any atom is 0.272 e. The van der Waals surface area contributed by atoms with Gasteiger partial charge >= 0.3 is 0 Å². The third-order valence-electron chi connectivity index (χ3n) is 4.69. The minimum absolute atomic E-state index is 0.116. The Hall–Kier alpha value is -3.62. The van der Waals surface area contributed by atoms with Gasteiger partial charge in [-0.05, 0) is 18.2 Å². The van der Waals surface area contributed by atoms with Crippen molar-refractivity contribution in [3.8, 4) is 28.8 Å². The fraction of sp³-hybridized carbons (Fsp3) is 0.300. The summed E-state index contributed by atoms with van der Waals surface area (Å²) in [5.41, 5.74) is 1.99. The molecule has 1 aliphatic rings. The third-order valence-corrected chi connectivity index (χ3v) is 4.69. The molecule has 3 aromatic rings. The van der Waals surface area contributed by atoms with Crippen LogP contribution in [0.15, 0.2) is 42.7 Å². The van der Waals surface area contributed by atoms with Crippen molar-refractivity contribution in [1.29, 1.82) is 0 Å². The van der Waals surface area contributed by atoms with E-state index >= 15 is 0 Å². The maximum absolute atomic E-state index is 12.8. The van der Waals surface area contributed by atoms with Crippen LogP contribution in [-0.4, -0.2) is 64.4 Å². The number of hydrogen-bond donors (Lipinski definition) is 1. The highest BCUT2D eigenvalue weighted by Gasteiger charge is 2.29. The Morgan fingerprint density at radius 2 is 2.03 bits per heavy atom. The highest BCUT2D eigenvalue weighted by atomic mass is 16.5. The Kier molecular flexibility index (Phi) is 5.28. The van der Waals surface area contributed by atoms with Gasteiger partial charge in [-0.1, -0.05) is 12.1 Å². The number of carbonyl (C=O) groups excluding carboxylic acids is 1. The van der Waals surface area contributed by atoms with Crippen molar-refractivity contribution in [1.82, 2.24) is 25.1 Å². The highest BCUT2D eigenvalue weighted by Crippen LogP contribution is 2.24. The first kappa shape index (κ1) is 18.7. The van der Waals surface area contributed by atoms with Crippen LogP contribution in [0.25, 0.3) is 11.3 Å². The van der Waals surface area contributed by atoms with E-state index in [1.54, 1.807) is 18.1 Å². The normalized spacial score (nSPS) is 15.9. The molecule has 3 heterocycles. The number of hydrogen-bond acceptors (Lipinski definition) is 7. The van der Waals surface area contributed by atoms with Crippen molar-refractivity contribution in [3.05, 3.63) is 48.4 Å². The first-order valence-corrected chi connectivity index (χ1v) is 9.18. The standard InChI is InChI=1S/C20H21N5O4/c1-27-14-5-3-4-13(8-14)16-9-17(24-23-16)20(26)25-7-6-15(12-25)29-19-11-21-10-18(22-19)28-2/h3-5,8-11,15H,6-7,12H2,1-2H3,(H,23,24). The van der Waals surface area contributed by atoms with E-state index in [0.717, 1.165) is 11.3 Å². The summed E-state index contributed by atoms with van der Waals surface area (Å²) in [5, 5.41) is 7.10. The molecule has 1 fully saturated rings. The zero-order valence-electron chi connectivity index (χ0n) is 16.2. The number of likely N-dealkylation sites (tertiary alicyclic amines) is 1. The summed E-state index contributed by atoms with van der Waals surface area (Å²) in [6, 6.07) is 9.29. The van der Waals surface area contributed by atoms with Gasteiger partial charge in [-0.2, -0.15) is 10.1 Å². The van der Waals surface area contributed by atoms with Gasteiger partial charge in [0.15, 0.2) is 0 Å². The van der Waals surface area contributed by atoms with E-state index in [2.05, 4.69) is 20.2 Å². The van der Waals surface area contributed by atoms with Crippen LogP contribution in [0.3, 0.4) is 0 Å². The van der Waals surface area contributed by atoms with Crippen LogP contribution in [0, 0.1) is 0 Å². The van der Waals surface area contributed by atoms with Crippen LogP contribution < -0.4 is 14.2 Å². The number of ether oxygens (including phenoxy) is 3. The summed E-state index contributed by atoms with van der Waals surface area (Å²) in [7, 11) is 3.13. The number of carbonyl (C=O) groups is 1. The van der Waals surface area contributed by atoms with Crippen LogP contribution in [0.2, 0.25) is 0 Å². The van der Waals surface area contributed by atoms with E-state index in [1.165, 1.54) is 19.5 Å². The number of nitrogens with one attached hydrogen (secondary N) is 1. The molecule has 0 bridgehead atoms. The predicted molar refractivity (Wildman–Crippen MR) is 104 cm³/mol. The topological polar surface area (TPSA) is 102 Å². The van der Waals surface area contributed by atoms with Gasteiger partial charge in [0, 0.05) is 18.5 Å². The second-order valence-corrected chi connectivity index (χ2v) is 6.58. The van der Waals surface area contributed by atoms with Crippen LogP contribution >= 0.6 is 0 Å². The fourth-order valence-electron chi connectivity index (χ4n) is 3.20. The van der Waals surface area contributed by atoms with Crippen molar-refractivity contribution in [3.63, 3.8) is 0 Å². The van der Waals surface area contributed by atoms with Gasteiger partial charge in [0.1, 0.15) is 17.5 Å². The highest BCUT2D eigenvalue weighted by molar-refractivity contribution is 5.93. The van der Waals surface area contributed by atoms with E-state index in [-0.39, 0.29) is 12.0 Å². The molecule has 9 nitrogen and oxygen atoms in total. The number of aromatic amines is 1. The Morgan fingerprint density at radius 3 is 2.86 bits per heavy atom. The molecule has 150 valence electrons. The first-order chi connectivity index (χ1) is 14.2. The summed E-state index contributed by atoms with van der Waals surface area (Å²) in [4.78, 5) is 22.8. The molecular weight excluding hydrogens is 374 g/mol. The number of H-pyrrole nitrogens is 1. The number of methoxy groups -OCH3 is 2. The lowest BCUT2D eigenvalue weighted by molar-refractivity contribution is 0.0765. The van der Waals surface area contributed by atoms with E-state index in [1.807, 2.05) is 24.3 Å². The summed E-state index contributed by atoms with van der Waals surface area (Å²) < 4.78 is 16.1. The molecule has 1 unspecified atom stereocenters. The van der Waals surface area contributed by atoms with Crippen LogP contribution in [-0.2, 0) is 0 Å². The molecule has 0 saturated carbocycles. The van der Waals surface area contributed by atoms with Crippen molar-refractivity contribution in [2.45, 2.75) is 12.5 Å². The minimum atomic E-state index is -0.152. The second kappa shape index (κ2) is 8.17. The van der Waals surface area contributed by atoms with Gasteiger partial charge in [0.05, 0.1) is 38.9 Å². The Labute approximate surface area is 167 Å². The fourth-order valence-corrected chi connectivity index (χ4v) is 3.20. The van der Waals surface area contributed by atoms with Crippen LogP contribution in [0.1, 0.15) is 16.9 Å². The van der Waals surface area contributed by atoms with Crippen molar-refractivity contribution in [2.24, 2.45) is 0 Å². The molecule has 29 heavy (non-hydrogen) atoms. The van der Waals surface area contributed by atoms with Gasteiger partial charge in [0.2, 0.25) is 11.8 Å². The number of amides is 1. The third kappa shape index (κ3) is 4.13. The second-order valence-electron chi connectivity index (χ2n) is 6.58. The number of nitrogens with zero attached hydrogens (tertiary/aromatic N) is 4. The molecular formula is C20H21N5O4. The van der Waals surface area contributed by atoms with E-state index < -0.39 is 0 Å². The molecule has 0 spiro atoms. The van der Waals surface area contributed by atoms with Gasteiger partial charge < -0.3 is 19.1 Å². The molecule has 0 radical (unpaired) electrons. The number of aromatic nitrogens is 4. The minimum Gasteiger partial charge on any atom is -0.497 e. The molecule has 1 aromatic carbocycles. The lowest BCUT2D eigenvalue weighted by atomic mass is 10.1. The van der Waals surface area contributed by atoms with Crippen molar-refractivity contribution < 1.29 is 19.0 Å². The Bertz CT molecular complexity index is 1010. The molecule has 4 rings (SSSR count). The molecule has 1 atom stereocenters. The predicted octanol–water partition coefficient (Wildman–Crippen LogP) is 2.18. The molecule has 9 heteroatoms. The van der Waals surface area contributed by atoms with Gasteiger partial charge in [0.25, 0.3) is 5.91 Å². The van der Waals surface area contributed by atoms with Gasteiger partial charge in [-0.25, -0.2) is 0 Å². The average molecular weight is 395 g/mol. The molecule has 1 N–H and O–H groups in total. The summed E-state index contributed by atoms with van der Waals surface area (Å²) in [6.45, 7) is 1.06. The summed E-state index contributed by atoms with van der Waals surface area (Å²) in [5.74, 6) is 1.38. The molecule has 1 amide bonds. The molecule has 1 saturated heterocycles. The monoisotopic (exact) mass is 395 g/mol. The lowest BCUT2D eigenvalue weighted by Crippen LogP contribution is -2.31. The van der Waals surface area contributed by atoms with Gasteiger partial charge in [-0.15, -0.1) is 0 Å². The molecule has 1 aliphatic heterocycles. The molecule has 0 aliphatic carbocycles. The first-order valence-electron chi connectivity index (χ1n) is 9.18. The van der Waals surface area contributed by atoms with Crippen molar-refractivity contribution in [2.75, 3.05) is 27.3 Å². The number of rotatable bonds is 6. The average Bonchev–Trinajstić information content (AvgIpc) is 3.43. The maximum atomic E-state index is 12.8. The van der Waals surface area contributed by atoms with Crippen LogP contribution in [0.4, 0.5) is 0 Å². The van der Waals surface area contributed by atoms with Crippen LogP contribution in [0.5, 0.6) is 17.5 Å². The summed E-state index contributed by atoms with van der Waals surface area (Å²) in [6.07, 6.45) is 3.60. The quantitative estimate of drug-likeness (QED) is 0.682. The lowest BCUT2D eigenvalue weighted by Gasteiger charge is -2.16. The van der Waals surface area contributed by atoms with E-state index in [0.29, 0.717) is 42.7 Å². The Balaban J connectivity index is 1.41. The molecule has 2 aromatic heterocycles. The van der Waals surface area contributed by atoms with Crippen molar-refractivity contribution >= 4 is 5.91 Å².